The molecule has 1 fully saturated rings. The van der Waals surface area contributed by atoms with Crippen LogP contribution in [0, 0.1) is 0 Å². The second-order valence-corrected chi connectivity index (χ2v) is 9.83. The van der Waals surface area contributed by atoms with E-state index in [1.165, 1.54) is 11.1 Å². The van der Waals surface area contributed by atoms with Gasteiger partial charge in [-0.15, -0.1) is 0 Å². The van der Waals surface area contributed by atoms with Gasteiger partial charge in [0.25, 0.3) is 5.91 Å². The first-order chi connectivity index (χ1) is 15.8. The Labute approximate surface area is 193 Å². The molecule has 0 bridgehead atoms. The van der Waals surface area contributed by atoms with E-state index in [0.717, 1.165) is 43.8 Å². The van der Waals surface area contributed by atoms with Gasteiger partial charge in [0.1, 0.15) is 17.4 Å². The Morgan fingerprint density at radius 3 is 2.67 bits per heavy atom. The lowest BCUT2D eigenvalue weighted by atomic mass is 9.93. The van der Waals surface area contributed by atoms with E-state index >= 15 is 0 Å². The number of amides is 1. The van der Waals surface area contributed by atoms with Gasteiger partial charge in [-0.05, 0) is 61.2 Å². The largest absolute Gasteiger partial charge is 0.359 e. The van der Waals surface area contributed by atoms with Crippen LogP contribution in [0.15, 0.2) is 40.9 Å². The number of hydrogen-bond donors (Lipinski definition) is 4. The highest BCUT2D eigenvalue weighted by Gasteiger charge is 2.26. The van der Waals surface area contributed by atoms with Crippen molar-refractivity contribution in [1.29, 1.82) is 0 Å². The molecule has 5 rings (SSSR count). The van der Waals surface area contributed by atoms with Crippen molar-refractivity contribution in [3.8, 4) is 0 Å². The Hall–Kier alpha value is -3.39. The van der Waals surface area contributed by atoms with Crippen LogP contribution in [0.3, 0.4) is 0 Å². The number of benzene rings is 1. The first-order valence-corrected chi connectivity index (χ1v) is 11.5. The van der Waals surface area contributed by atoms with E-state index in [-0.39, 0.29) is 17.4 Å². The van der Waals surface area contributed by atoms with Crippen LogP contribution in [-0.4, -0.2) is 28.6 Å². The molecule has 1 aliphatic carbocycles. The van der Waals surface area contributed by atoms with E-state index in [1.54, 1.807) is 6.07 Å². The molecule has 3 aromatic rings. The standard InChI is InChI=1S/C25H30N6O2/c1-25(2,3)20-13-22(31-33-20)30-23-19(24(32)28-17-6-7-17)8-9-21(29-23)27-18-5-4-15-10-11-26-14-16(15)12-18/h4-5,8-9,12-13,17,26H,6-7,10-11,14H2,1-3H3,(H,28,32)(H2,27,29,30,31). The zero-order valence-corrected chi connectivity index (χ0v) is 19.3. The fraction of sp³-hybridized carbons (Fsp3) is 0.400. The van der Waals surface area contributed by atoms with E-state index in [2.05, 4.69) is 65.4 Å². The molecule has 1 saturated carbocycles. The number of rotatable bonds is 6. The molecule has 0 spiro atoms. The van der Waals surface area contributed by atoms with Gasteiger partial charge in [0, 0.05) is 29.8 Å². The molecule has 1 aliphatic heterocycles. The second-order valence-electron chi connectivity index (χ2n) is 9.83. The third kappa shape index (κ3) is 5.01. The van der Waals surface area contributed by atoms with Crippen LogP contribution in [-0.2, 0) is 18.4 Å². The molecule has 0 radical (unpaired) electrons. The lowest BCUT2D eigenvalue weighted by Gasteiger charge is -2.18. The molecule has 0 saturated heterocycles. The predicted octanol–water partition coefficient (Wildman–Crippen LogP) is 4.39. The maximum atomic E-state index is 12.8. The number of fused-ring (bicyclic) bond motifs is 1. The van der Waals surface area contributed by atoms with E-state index < -0.39 is 0 Å². The minimum Gasteiger partial charge on any atom is -0.359 e. The minimum atomic E-state index is -0.169. The van der Waals surface area contributed by atoms with Crippen LogP contribution in [0.1, 0.15) is 60.9 Å². The molecule has 0 unspecified atom stereocenters. The van der Waals surface area contributed by atoms with Crippen molar-refractivity contribution in [3.63, 3.8) is 0 Å². The summed E-state index contributed by atoms with van der Waals surface area (Å²) in [6.45, 7) is 8.06. The number of anilines is 4. The molecule has 2 aliphatic rings. The third-order valence-corrected chi connectivity index (χ3v) is 5.91. The van der Waals surface area contributed by atoms with E-state index in [4.69, 9.17) is 9.51 Å². The zero-order valence-electron chi connectivity index (χ0n) is 19.3. The van der Waals surface area contributed by atoms with E-state index in [9.17, 15) is 4.79 Å². The number of aromatic nitrogens is 2. The lowest BCUT2D eigenvalue weighted by molar-refractivity contribution is 0.0951. The molecule has 8 heteroatoms. The van der Waals surface area contributed by atoms with Gasteiger partial charge in [-0.1, -0.05) is 32.0 Å². The van der Waals surface area contributed by atoms with Crippen molar-refractivity contribution in [2.75, 3.05) is 17.2 Å². The lowest BCUT2D eigenvalue weighted by Crippen LogP contribution is -2.26. The number of carbonyl (C=O) groups is 1. The highest BCUT2D eigenvalue weighted by atomic mass is 16.5. The van der Waals surface area contributed by atoms with Crippen molar-refractivity contribution >= 4 is 29.0 Å². The van der Waals surface area contributed by atoms with Gasteiger partial charge in [0.05, 0.1) is 5.56 Å². The van der Waals surface area contributed by atoms with Gasteiger partial charge in [-0.25, -0.2) is 4.98 Å². The third-order valence-electron chi connectivity index (χ3n) is 5.91. The van der Waals surface area contributed by atoms with Crippen LogP contribution < -0.4 is 21.3 Å². The van der Waals surface area contributed by atoms with Crippen molar-refractivity contribution < 1.29 is 9.32 Å². The molecule has 3 heterocycles. The van der Waals surface area contributed by atoms with Gasteiger partial charge in [-0.3, -0.25) is 4.79 Å². The smallest absolute Gasteiger partial charge is 0.255 e. The molecule has 33 heavy (non-hydrogen) atoms. The summed E-state index contributed by atoms with van der Waals surface area (Å²) in [6, 6.07) is 12.1. The summed E-state index contributed by atoms with van der Waals surface area (Å²) in [4.78, 5) is 17.6. The van der Waals surface area contributed by atoms with Crippen LogP contribution >= 0.6 is 0 Å². The van der Waals surface area contributed by atoms with Crippen molar-refractivity contribution in [2.45, 2.75) is 58.0 Å². The summed E-state index contributed by atoms with van der Waals surface area (Å²) in [7, 11) is 0. The summed E-state index contributed by atoms with van der Waals surface area (Å²) in [5, 5.41) is 17.1. The van der Waals surface area contributed by atoms with Gasteiger partial charge >= 0.3 is 0 Å². The summed E-state index contributed by atoms with van der Waals surface area (Å²) in [5.74, 6) is 2.21. The van der Waals surface area contributed by atoms with Crippen molar-refractivity contribution in [1.82, 2.24) is 20.8 Å². The Balaban J connectivity index is 1.42. The number of pyridine rings is 1. The van der Waals surface area contributed by atoms with Crippen LogP contribution in [0.5, 0.6) is 0 Å². The van der Waals surface area contributed by atoms with Gasteiger partial charge < -0.3 is 25.8 Å². The van der Waals surface area contributed by atoms with Crippen molar-refractivity contribution in [3.05, 3.63) is 58.8 Å². The van der Waals surface area contributed by atoms with Crippen LogP contribution in [0.25, 0.3) is 0 Å². The summed E-state index contributed by atoms with van der Waals surface area (Å²) in [6.07, 6.45) is 3.08. The van der Waals surface area contributed by atoms with E-state index in [0.29, 0.717) is 23.0 Å². The molecular formula is C25H30N6O2. The highest BCUT2D eigenvalue weighted by Crippen LogP contribution is 2.29. The van der Waals surface area contributed by atoms with Gasteiger partial charge in [-0.2, -0.15) is 0 Å². The maximum Gasteiger partial charge on any atom is 0.255 e. The number of hydrogen-bond acceptors (Lipinski definition) is 7. The van der Waals surface area contributed by atoms with Crippen molar-refractivity contribution in [2.24, 2.45) is 0 Å². The quantitative estimate of drug-likeness (QED) is 0.445. The molecule has 1 amide bonds. The first-order valence-electron chi connectivity index (χ1n) is 11.5. The number of nitrogens with one attached hydrogen (secondary N) is 4. The zero-order chi connectivity index (χ0) is 23.0. The molecule has 4 N–H and O–H groups in total. The summed E-state index contributed by atoms with van der Waals surface area (Å²) >= 11 is 0. The fourth-order valence-corrected chi connectivity index (χ4v) is 3.81. The van der Waals surface area contributed by atoms with Gasteiger partial charge in [0.15, 0.2) is 5.82 Å². The first kappa shape index (κ1) is 21.5. The predicted molar refractivity (Wildman–Crippen MR) is 128 cm³/mol. The SMILES string of the molecule is CC(C)(C)c1cc(Nc2nc(Nc3ccc4c(c3)CNCC4)ccc2C(=O)NC2CC2)no1. The highest BCUT2D eigenvalue weighted by molar-refractivity contribution is 6.00. The van der Waals surface area contributed by atoms with Crippen LogP contribution in [0.4, 0.5) is 23.1 Å². The summed E-state index contributed by atoms with van der Waals surface area (Å²) < 4.78 is 5.49. The molecule has 2 aromatic heterocycles. The number of nitrogens with zero attached hydrogens (tertiary/aromatic N) is 2. The fourth-order valence-electron chi connectivity index (χ4n) is 3.81. The average Bonchev–Trinajstić information content (AvgIpc) is 3.46. The minimum absolute atomic E-state index is 0.140. The maximum absolute atomic E-state index is 12.8. The number of carbonyl (C=O) groups excluding carboxylic acids is 1. The molecule has 172 valence electrons. The van der Waals surface area contributed by atoms with Crippen LogP contribution in [0.2, 0.25) is 0 Å². The Morgan fingerprint density at radius 1 is 1.06 bits per heavy atom. The van der Waals surface area contributed by atoms with Gasteiger partial charge in [0.2, 0.25) is 0 Å². The molecule has 8 nitrogen and oxygen atoms in total. The monoisotopic (exact) mass is 446 g/mol. The average molecular weight is 447 g/mol. The Kier molecular flexibility index (Phi) is 5.54. The topological polar surface area (TPSA) is 104 Å². The summed E-state index contributed by atoms with van der Waals surface area (Å²) in [5.41, 5.74) is 3.94. The molecular weight excluding hydrogens is 416 g/mol. The Morgan fingerprint density at radius 2 is 1.91 bits per heavy atom. The van der Waals surface area contributed by atoms with E-state index in [1.807, 2.05) is 12.1 Å². The normalized spacial score (nSPS) is 15.6. The Bertz CT molecular complexity index is 1180. The molecule has 1 aromatic carbocycles. The second kappa shape index (κ2) is 8.51. The molecule has 0 atom stereocenters.